The molecule has 1 fully saturated rings. The van der Waals surface area contributed by atoms with Gasteiger partial charge >= 0.3 is 12.1 Å². The van der Waals surface area contributed by atoms with Crippen molar-refractivity contribution in [1.82, 2.24) is 10.6 Å². The fourth-order valence-electron chi connectivity index (χ4n) is 1.67. The van der Waals surface area contributed by atoms with Gasteiger partial charge in [-0.3, -0.25) is 4.79 Å². The standard InChI is InChI=1S/C11H20N2O4/c1-8(2-3-10(14)15)4-5-12-6-9-7-13-11(16)17-9/h8-9,12H,2-7H2,1H3,(H,13,16)(H,14,15). The van der Waals surface area contributed by atoms with Crippen LogP contribution in [0.5, 0.6) is 0 Å². The Morgan fingerprint density at radius 1 is 1.65 bits per heavy atom. The summed E-state index contributed by atoms with van der Waals surface area (Å²) in [6.07, 6.45) is 1.42. The predicted octanol–water partition coefficient (Wildman–Crippen LogP) is 0.575. The number of carboxylic acids is 1. The number of amides is 1. The highest BCUT2D eigenvalue weighted by atomic mass is 16.6. The zero-order chi connectivity index (χ0) is 12.7. The Balaban J connectivity index is 1.96. The van der Waals surface area contributed by atoms with Crippen molar-refractivity contribution in [3.63, 3.8) is 0 Å². The first-order chi connectivity index (χ1) is 8.08. The molecule has 98 valence electrons. The first-order valence-electron chi connectivity index (χ1n) is 5.95. The van der Waals surface area contributed by atoms with Crippen molar-refractivity contribution in [2.45, 2.75) is 32.3 Å². The number of carboxylic acid groups (broad SMARTS) is 1. The molecule has 6 heteroatoms. The molecule has 0 radical (unpaired) electrons. The average Bonchev–Trinajstić information content (AvgIpc) is 2.68. The third kappa shape index (κ3) is 6.11. The SMILES string of the molecule is CC(CCNCC1CNC(=O)O1)CCC(=O)O. The van der Waals surface area contributed by atoms with Gasteiger partial charge in [0.2, 0.25) is 0 Å². The minimum absolute atomic E-state index is 0.0863. The van der Waals surface area contributed by atoms with Gasteiger partial charge in [-0.1, -0.05) is 6.92 Å². The molecule has 1 heterocycles. The summed E-state index contributed by atoms with van der Waals surface area (Å²) in [6, 6.07) is 0. The van der Waals surface area contributed by atoms with E-state index in [1.165, 1.54) is 0 Å². The van der Waals surface area contributed by atoms with E-state index in [0.29, 0.717) is 25.4 Å². The predicted molar refractivity (Wildman–Crippen MR) is 61.8 cm³/mol. The molecule has 1 rings (SSSR count). The minimum Gasteiger partial charge on any atom is -0.481 e. The zero-order valence-corrected chi connectivity index (χ0v) is 10.1. The van der Waals surface area contributed by atoms with Gasteiger partial charge in [-0.15, -0.1) is 0 Å². The maximum atomic E-state index is 10.7. The van der Waals surface area contributed by atoms with Crippen molar-refractivity contribution in [2.24, 2.45) is 5.92 Å². The minimum atomic E-state index is -0.742. The molecular formula is C11H20N2O4. The summed E-state index contributed by atoms with van der Waals surface area (Å²) in [4.78, 5) is 21.1. The maximum Gasteiger partial charge on any atom is 0.407 e. The Kier molecular flexibility index (Phi) is 5.76. The molecule has 6 nitrogen and oxygen atoms in total. The number of rotatable bonds is 8. The lowest BCUT2D eigenvalue weighted by molar-refractivity contribution is -0.137. The van der Waals surface area contributed by atoms with Crippen LogP contribution in [-0.2, 0) is 9.53 Å². The summed E-state index contributed by atoms with van der Waals surface area (Å²) in [5.74, 6) is -0.350. The average molecular weight is 244 g/mol. The Morgan fingerprint density at radius 3 is 3.00 bits per heavy atom. The molecule has 2 unspecified atom stereocenters. The molecule has 1 aliphatic rings. The van der Waals surface area contributed by atoms with E-state index in [9.17, 15) is 9.59 Å². The number of nitrogens with one attached hydrogen (secondary N) is 2. The van der Waals surface area contributed by atoms with Crippen molar-refractivity contribution in [3.8, 4) is 0 Å². The Labute approximate surface area is 101 Å². The van der Waals surface area contributed by atoms with E-state index in [-0.39, 0.29) is 18.6 Å². The van der Waals surface area contributed by atoms with Crippen molar-refractivity contribution < 1.29 is 19.4 Å². The van der Waals surface area contributed by atoms with Gasteiger partial charge in [-0.05, 0) is 25.3 Å². The molecule has 0 aromatic rings. The molecule has 1 aliphatic heterocycles. The lowest BCUT2D eigenvalue weighted by atomic mass is 10.0. The largest absolute Gasteiger partial charge is 0.481 e. The molecule has 1 amide bonds. The van der Waals surface area contributed by atoms with Crippen LogP contribution in [0.3, 0.4) is 0 Å². The third-order valence-corrected chi connectivity index (χ3v) is 2.78. The first kappa shape index (κ1) is 13.8. The van der Waals surface area contributed by atoms with Crippen molar-refractivity contribution >= 4 is 12.1 Å². The molecule has 2 atom stereocenters. The number of hydrogen-bond donors (Lipinski definition) is 3. The second-order valence-electron chi connectivity index (χ2n) is 4.44. The second-order valence-corrected chi connectivity index (χ2v) is 4.44. The Hall–Kier alpha value is -1.30. The van der Waals surface area contributed by atoms with Gasteiger partial charge in [0.05, 0.1) is 6.54 Å². The number of alkyl carbamates (subject to hydrolysis) is 1. The summed E-state index contributed by atoms with van der Waals surface area (Å²) in [6.45, 7) is 4.06. The lowest BCUT2D eigenvalue weighted by Gasteiger charge is -2.12. The van der Waals surface area contributed by atoms with Gasteiger partial charge in [0.1, 0.15) is 6.10 Å². The molecule has 0 aromatic carbocycles. The van der Waals surface area contributed by atoms with Gasteiger partial charge in [0, 0.05) is 13.0 Å². The van der Waals surface area contributed by atoms with Crippen LogP contribution in [0.2, 0.25) is 0 Å². The molecule has 0 aromatic heterocycles. The number of carbonyl (C=O) groups excluding carboxylic acids is 1. The first-order valence-corrected chi connectivity index (χ1v) is 5.95. The normalized spacial score (nSPS) is 20.8. The van der Waals surface area contributed by atoms with E-state index < -0.39 is 5.97 Å². The van der Waals surface area contributed by atoms with E-state index in [1.807, 2.05) is 6.92 Å². The molecule has 0 saturated carbocycles. The van der Waals surface area contributed by atoms with Crippen LogP contribution < -0.4 is 10.6 Å². The lowest BCUT2D eigenvalue weighted by Crippen LogP contribution is -2.30. The van der Waals surface area contributed by atoms with Crippen molar-refractivity contribution in [3.05, 3.63) is 0 Å². The summed E-state index contributed by atoms with van der Waals surface area (Å²) in [5.41, 5.74) is 0. The van der Waals surface area contributed by atoms with E-state index in [1.54, 1.807) is 0 Å². The van der Waals surface area contributed by atoms with Crippen LogP contribution in [-0.4, -0.2) is 42.9 Å². The van der Waals surface area contributed by atoms with Crippen LogP contribution in [0.15, 0.2) is 0 Å². The van der Waals surface area contributed by atoms with E-state index in [4.69, 9.17) is 9.84 Å². The van der Waals surface area contributed by atoms with Gasteiger partial charge in [0.15, 0.2) is 0 Å². The second kappa shape index (κ2) is 7.11. The van der Waals surface area contributed by atoms with E-state index >= 15 is 0 Å². The quantitative estimate of drug-likeness (QED) is 0.543. The zero-order valence-electron chi connectivity index (χ0n) is 10.1. The molecule has 0 spiro atoms. The third-order valence-electron chi connectivity index (χ3n) is 2.78. The topological polar surface area (TPSA) is 87.7 Å². The Morgan fingerprint density at radius 2 is 2.41 bits per heavy atom. The maximum absolute atomic E-state index is 10.7. The van der Waals surface area contributed by atoms with Gasteiger partial charge < -0.3 is 20.5 Å². The van der Waals surface area contributed by atoms with Gasteiger partial charge in [-0.25, -0.2) is 4.79 Å². The summed E-state index contributed by atoms with van der Waals surface area (Å²) in [5, 5.41) is 14.3. The summed E-state index contributed by atoms with van der Waals surface area (Å²) >= 11 is 0. The van der Waals surface area contributed by atoms with Crippen LogP contribution in [0, 0.1) is 5.92 Å². The number of hydrogen-bond acceptors (Lipinski definition) is 4. The van der Waals surface area contributed by atoms with Crippen LogP contribution in [0.4, 0.5) is 4.79 Å². The van der Waals surface area contributed by atoms with Gasteiger partial charge in [0.25, 0.3) is 0 Å². The van der Waals surface area contributed by atoms with Crippen LogP contribution in [0.1, 0.15) is 26.2 Å². The highest BCUT2D eigenvalue weighted by Crippen LogP contribution is 2.09. The number of ether oxygens (including phenoxy) is 1. The van der Waals surface area contributed by atoms with Crippen LogP contribution in [0.25, 0.3) is 0 Å². The molecule has 0 bridgehead atoms. The van der Waals surface area contributed by atoms with E-state index in [0.717, 1.165) is 13.0 Å². The fourth-order valence-corrected chi connectivity index (χ4v) is 1.67. The number of carbonyl (C=O) groups is 2. The highest BCUT2D eigenvalue weighted by molar-refractivity contribution is 5.69. The monoisotopic (exact) mass is 244 g/mol. The fraction of sp³-hybridized carbons (Fsp3) is 0.818. The van der Waals surface area contributed by atoms with Crippen molar-refractivity contribution in [2.75, 3.05) is 19.6 Å². The smallest absolute Gasteiger partial charge is 0.407 e. The summed E-state index contributed by atoms with van der Waals surface area (Å²) < 4.78 is 4.96. The molecular weight excluding hydrogens is 224 g/mol. The number of aliphatic carboxylic acids is 1. The van der Waals surface area contributed by atoms with Gasteiger partial charge in [-0.2, -0.15) is 0 Å². The molecule has 17 heavy (non-hydrogen) atoms. The summed E-state index contributed by atoms with van der Waals surface area (Å²) in [7, 11) is 0. The number of cyclic esters (lactones) is 1. The molecule has 1 saturated heterocycles. The molecule has 0 aliphatic carbocycles. The van der Waals surface area contributed by atoms with Crippen molar-refractivity contribution in [1.29, 1.82) is 0 Å². The van der Waals surface area contributed by atoms with Crippen LogP contribution >= 0.6 is 0 Å². The molecule has 3 N–H and O–H groups in total. The highest BCUT2D eigenvalue weighted by Gasteiger charge is 2.21. The Bertz CT molecular complexity index is 270. The van der Waals surface area contributed by atoms with E-state index in [2.05, 4.69) is 10.6 Å².